The third-order valence-electron chi connectivity index (χ3n) is 3.89. The van der Waals surface area contributed by atoms with Crippen LogP contribution in [0.2, 0.25) is 5.02 Å². The SMILES string of the molecule is CC1(C)Nc2ccccc2-c2c1ssc2=Nc1cccc(Cl)c1. The zero-order valence-electron chi connectivity index (χ0n) is 12.8. The Morgan fingerprint density at radius 1 is 1.04 bits per heavy atom. The average Bonchev–Trinajstić information content (AvgIpc) is 2.92. The molecule has 2 aromatic carbocycles. The minimum absolute atomic E-state index is 0.0903. The zero-order chi connectivity index (χ0) is 16.0. The van der Waals surface area contributed by atoms with Gasteiger partial charge >= 0.3 is 0 Å². The van der Waals surface area contributed by atoms with E-state index in [4.69, 9.17) is 16.6 Å². The molecule has 0 atom stereocenters. The van der Waals surface area contributed by atoms with Gasteiger partial charge in [-0.3, -0.25) is 0 Å². The van der Waals surface area contributed by atoms with E-state index in [0.29, 0.717) is 5.02 Å². The lowest BCUT2D eigenvalue weighted by molar-refractivity contribution is 0.619. The van der Waals surface area contributed by atoms with E-state index in [1.54, 1.807) is 20.7 Å². The summed E-state index contributed by atoms with van der Waals surface area (Å²) in [6.45, 7) is 4.43. The molecule has 5 heteroatoms. The Morgan fingerprint density at radius 2 is 1.87 bits per heavy atom. The molecule has 1 aromatic heterocycles. The van der Waals surface area contributed by atoms with Gasteiger partial charge in [-0.05, 0) is 38.1 Å². The first kappa shape index (κ1) is 14.9. The van der Waals surface area contributed by atoms with Crippen molar-refractivity contribution in [1.29, 1.82) is 0 Å². The van der Waals surface area contributed by atoms with Gasteiger partial charge in [0.05, 0.1) is 16.1 Å². The highest BCUT2D eigenvalue weighted by Gasteiger charge is 2.33. The lowest BCUT2D eigenvalue weighted by Crippen LogP contribution is -2.31. The van der Waals surface area contributed by atoms with E-state index in [9.17, 15) is 0 Å². The number of para-hydroxylation sites is 1. The molecule has 0 amide bonds. The van der Waals surface area contributed by atoms with E-state index in [-0.39, 0.29) is 5.54 Å². The highest BCUT2D eigenvalue weighted by molar-refractivity contribution is 7.68. The summed E-state index contributed by atoms with van der Waals surface area (Å²) in [6.07, 6.45) is 0. The number of benzene rings is 2. The molecule has 4 rings (SSSR count). The van der Waals surface area contributed by atoms with Crippen molar-refractivity contribution in [3.05, 3.63) is 63.1 Å². The first-order valence-corrected chi connectivity index (χ1v) is 9.89. The van der Waals surface area contributed by atoms with Gasteiger partial charge < -0.3 is 5.32 Å². The monoisotopic (exact) mass is 358 g/mol. The third kappa shape index (κ3) is 2.61. The van der Waals surface area contributed by atoms with E-state index in [2.05, 4.69) is 43.4 Å². The van der Waals surface area contributed by atoms with Crippen molar-refractivity contribution >= 4 is 43.7 Å². The number of anilines is 1. The summed E-state index contributed by atoms with van der Waals surface area (Å²) in [7, 11) is 3.52. The first-order chi connectivity index (χ1) is 11.0. The van der Waals surface area contributed by atoms with Crippen LogP contribution in [-0.2, 0) is 5.54 Å². The molecule has 1 aliphatic heterocycles. The van der Waals surface area contributed by atoms with Gasteiger partial charge in [-0.1, -0.05) is 56.5 Å². The van der Waals surface area contributed by atoms with E-state index < -0.39 is 0 Å². The molecule has 23 heavy (non-hydrogen) atoms. The first-order valence-electron chi connectivity index (χ1n) is 7.36. The molecule has 0 unspecified atom stereocenters. The molecule has 116 valence electrons. The van der Waals surface area contributed by atoms with Crippen LogP contribution in [-0.4, -0.2) is 0 Å². The van der Waals surface area contributed by atoms with Crippen LogP contribution in [0.15, 0.2) is 53.5 Å². The Morgan fingerprint density at radius 3 is 2.70 bits per heavy atom. The standard InChI is InChI=1S/C18H15ClN2S2/c1-18(2)16-15(13-8-3-4-9-14(13)21-18)17(23-22-16)20-12-7-5-6-11(19)10-12/h3-10,21H,1-2H3. The Kier molecular flexibility index (Phi) is 3.56. The molecule has 0 aliphatic carbocycles. The molecule has 0 spiro atoms. The predicted octanol–water partition coefficient (Wildman–Crippen LogP) is 6.02. The maximum atomic E-state index is 6.09. The van der Waals surface area contributed by atoms with Gasteiger partial charge in [0.1, 0.15) is 4.67 Å². The lowest BCUT2D eigenvalue weighted by Gasteiger charge is -2.33. The summed E-state index contributed by atoms with van der Waals surface area (Å²) in [5.74, 6) is 0. The second-order valence-electron chi connectivity index (χ2n) is 6.06. The topological polar surface area (TPSA) is 24.4 Å². The molecule has 1 N–H and O–H groups in total. The lowest BCUT2D eigenvalue weighted by atomic mass is 9.90. The molecule has 1 aliphatic rings. The van der Waals surface area contributed by atoms with Crippen molar-refractivity contribution in [2.24, 2.45) is 4.99 Å². The fourth-order valence-electron chi connectivity index (χ4n) is 2.86. The summed E-state index contributed by atoms with van der Waals surface area (Å²) in [5.41, 5.74) is 4.44. The van der Waals surface area contributed by atoms with E-state index in [0.717, 1.165) is 16.0 Å². The van der Waals surface area contributed by atoms with Crippen molar-refractivity contribution in [2.75, 3.05) is 5.32 Å². The maximum Gasteiger partial charge on any atom is 0.135 e. The van der Waals surface area contributed by atoms with Gasteiger partial charge in [0.15, 0.2) is 0 Å². The number of hydrogen-bond donors (Lipinski definition) is 1. The number of halogens is 1. The second-order valence-corrected chi connectivity index (χ2v) is 8.63. The number of nitrogens with one attached hydrogen (secondary N) is 1. The van der Waals surface area contributed by atoms with Crippen LogP contribution in [0.3, 0.4) is 0 Å². The molecule has 0 bridgehead atoms. The Balaban J connectivity index is 1.99. The molecule has 0 saturated carbocycles. The minimum atomic E-state index is -0.0903. The summed E-state index contributed by atoms with van der Waals surface area (Å²) >= 11 is 6.09. The fourth-order valence-corrected chi connectivity index (χ4v) is 5.98. The Labute approximate surface area is 147 Å². The fraction of sp³-hybridized carbons (Fsp3) is 0.167. The highest BCUT2D eigenvalue weighted by atomic mass is 35.5. The molecule has 0 radical (unpaired) electrons. The minimum Gasteiger partial charge on any atom is -0.375 e. The van der Waals surface area contributed by atoms with Crippen LogP contribution in [0, 0.1) is 0 Å². The van der Waals surface area contributed by atoms with Gasteiger partial charge in [-0.15, -0.1) is 0 Å². The van der Waals surface area contributed by atoms with Gasteiger partial charge in [-0.2, -0.15) is 0 Å². The molecule has 2 nitrogen and oxygen atoms in total. The van der Waals surface area contributed by atoms with Crippen LogP contribution in [0.25, 0.3) is 11.1 Å². The largest absolute Gasteiger partial charge is 0.375 e. The summed E-state index contributed by atoms with van der Waals surface area (Å²) in [6, 6.07) is 16.1. The van der Waals surface area contributed by atoms with Gasteiger partial charge in [-0.25, -0.2) is 4.99 Å². The number of fused-ring (bicyclic) bond motifs is 3. The summed E-state index contributed by atoms with van der Waals surface area (Å²) < 4.78 is 1.05. The van der Waals surface area contributed by atoms with Crippen LogP contribution in [0.1, 0.15) is 18.7 Å². The van der Waals surface area contributed by atoms with E-state index in [1.165, 1.54) is 16.0 Å². The predicted molar refractivity (Wildman–Crippen MR) is 101 cm³/mol. The molecule has 0 saturated heterocycles. The van der Waals surface area contributed by atoms with Crippen LogP contribution >= 0.6 is 32.3 Å². The second kappa shape index (κ2) is 5.48. The molecule has 2 heterocycles. The van der Waals surface area contributed by atoms with Gasteiger partial charge in [0, 0.05) is 21.8 Å². The van der Waals surface area contributed by atoms with Crippen molar-refractivity contribution in [1.82, 2.24) is 0 Å². The van der Waals surface area contributed by atoms with Crippen molar-refractivity contribution in [2.45, 2.75) is 19.4 Å². The van der Waals surface area contributed by atoms with E-state index in [1.807, 2.05) is 24.3 Å². The Bertz CT molecular complexity index is 953. The van der Waals surface area contributed by atoms with Crippen molar-refractivity contribution in [3.63, 3.8) is 0 Å². The third-order valence-corrected chi connectivity index (χ3v) is 6.77. The maximum absolute atomic E-state index is 6.09. The van der Waals surface area contributed by atoms with Gasteiger partial charge in [0.25, 0.3) is 0 Å². The molecular weight excluding hydrogens is 344 g/mol. The quantitative estimate of drug-likeness (QED) is 0.528. The zero-order valence-corrected chi connectivity index (χ0v) is 15.1. The van der Waals surface area contributed by atoms with Gasteiger partial charge in [0.2, 0.25) is 0 Å². The Hall–Kier alpha value is -1.62. The van der Waals surface area contributed by atoms with E-state index >= 15 is 0 Å². The summed E-state index contributed by atoms with van der Waals surface area (Å²) in [4.78, 5) is 6.19. The highest BCUT2D eigenvalue weighted by Crippen LogP contribution is 2.45. The molecule has 3 aromatic rings. The normalized spacial score (nSPS) is 15.7. The molecule has 0 fully saturated rings. The van der Waals surface area contributed by atoms with Crippen molar-refractivity contribution in [3.8, 4) is 11.1 Å². The number of nitrogens with zero attached hydrogens (tertiary/aromatic N) is 1. The van der Waals surface area contributed by atoms with Crippen LogP contribution < -0.4 is 9.99 Å². The molecular formula is C18H15ClN2S2. The number of hydrogen-bond acceptors (Lipinski definition) is 4. The van der Waals surface area contributed by atoms with Crippen LogP contribution in [0.5, 0.6) is 0 Å². The van der Waals surface area contributed by atoms with Crippen molar-refractivity contribution < 1.29 is 0 Å². The summed E-state index contributed by atoms with van der Waals surface area (Å²) in [5, 5.41) is 4.34. The average molecular weight is 359 g/mol. The van der Waals surface area contributed by atoms with Crippen LogP contribution in [0.4, 0.5) is 11.4 Å². The smallest absolute Gasteiger partial charge is 0.135 e. The number of rotatable bonds is 1.